The van der Waals surface area contributed by atoms with Crippen molar-refractivity contribution in [3.05, 3.63) is 24.3 Å². The van der Waals surface area contributed by atoms with Gasteiger partial charge in [0.15, 0.2) is 0 Å². The number of likely N-dealkylation sites (tertiary alicyclic amines) is 1. The second kappa shape index (κ2) is 10.9. The summed E-state index contributed by atoms with van der Waals surface area (Å²) in [6.07, 6.45) is 10.5. The molecule has 3 rings (SSSR count). The van der Waals surface area contributed by atoms with Crippen LogP contribution in [-0.2, 0) is 14.4 Å². The Morgan fingerprint density at radius 2 is 1.82 bits per heavy atom. The lowest BCUT2D eigenvalue weighted by Crippen LogP contribution is -2.59. The molecule has 4 amide bonds. The van der Waals surface area contributed by atoms with Gasteiger partial charge in [0, 0.05) is 18.9 Å². The predicted octanol–water partition coefficient (Wildman–Crippen LogP) is 1.02. The van der Waals surface area contributed by atoms with Crippen molar-refractivity contribution in [3.63, 3.8) is 0 Å². The minimum Gasteiger partial charge on any atom is -0.368 e. The highest BCUT2D eigenvalue weighted by Crippen LogP contribution is 2.39. The van der Waals surface area contributed by atoms with Crippen molar-refractivity contribution < 1.29 is 19.2 Å². The Bertz CT molecular complexity index is 894. The van der Waals surface area contributed by atoms with Gasteiger partial charge in [0.1, 0.15) is 17.8 Å². The molecule has 1 saturated heterocycles. The molecule has 10 heteroatoms. The summed E-state index contributed by atoms with van der Waals surface area (Å²) in [6.45, 7) is 5.67. The Morgan fingerprint density at radius 3 is 2.41 bits per heavy atom. The minimum absolute atomic E-state index is 0.0596. The summed E-state index contributed by atoms with van der Waals surface area (Å²) in [6, 6.07) is -1.53. The van der Waals surface area contributed by atoms with Crippen molar-refractivity contribution in [2.75, 3.05) is 13.1 Å². The van der Waals surface area contributed by atoms with Gasteiger partial charge in [-0.25, -0.2) is 4.98 Å². The average molecular weight is 473 g/mol. The molecular weight excluding hydrogens is 436 g/mol. The van der Waals surface area contributed by atoms with Crippen molar-refractivity contribution in [2.24, 2.45) is 23.0 Å². The second-order valence-corrected chi connectivity index (χ2v) is 10.4. The molecule has 4 N–H and O–H groups in total. The molecule has 0 bridgehead atoms. The lowest BCUT2D eigenvalue weighted by atomic mass is 9.76. The van der Waals surface area contributed by atoms with E-state index in [4.69, 9.17) is 5.73 Å². The number of amides is 4. The lowest BCUT2D eigenvalue weighted by molar-refractivity contribution is -0.144. The predicted molar refractivity (Wildman–Crippen MR) is 125 cm³/mol. The molecule has 186 valence electrons. The molecule has 1 aromatic rings. The van der Waals surface area contributed by atoms with Crippen molar-refractivity contribution in [1.82, 2.24) is 25.5 Å². The van der Waals surface area contributed by atoms with Gasteiger partial charge in [0.2, 0.25) is 17.7 Å². The first-order valence-electron chi connectivity index (χ1n) is 12.0. The van der Waals surface area contributed by atoms with E-state index in [1.807, 2.05) is 20.8 Å². The largest absolute Gasteiger partial charge is 0.368 e. The standard InChI is InChI=1S/C24H36N6O4/c1-24(2,3)20(29-18(31)14-28-22(33)17-13-26-10-11-27-17)23(34)30-12-9-16(19(30)21(25)32)15-7-5-4-6-8-15/h10-11,13,15-16,19-20H,4-9,12,14H2,1-3H3,(H2,25,32)(H,28,33)(H,29,31)/t16-,19?,20?/m1/s1. The van der Waals surface area contributed by atoms with Crippen LogP contribution in [-0.4, -0.2) is 63.7 Å². The van der Waals surface area contributed by atoms with Crippen LogP contribution in [0.2, 0.25) is 0 Å². The SMILES string of the molecule is CC(C)(C)C(NC(=O)CNC(=O)c1cnccn1)C(=O)N1CC[C@H](C2CCCCC2)C1C(N)=O. The van der Waals surface area contributed by atoms with Crippen LogP contribution in [0, 0.1) is 17.3 Å². The van der Waals surface area contributed by atoms with Crippen LogP contribution >= 0.6 is 0 Å². The quantitative estimate of drug-likeness (QED) is 0.540. The third kappa shape index (κ3) is 6.09. The highest BCUT2D eigenvalue weighted by molar-refractivity contribution is 5.96. The van der Waals surface area contributed by atoms with Crippen molar-refractivity contribution in [2.45, 2.75) is 71.4 Å². The first-order chi connectivity index (χ1) is 16.1. The van der Waals surface area contributed by atoms with Crippen LogP contribution in [0.15, 0.2) is 18.6 Å². The van der Waals surface area contributed by atoms with Gasteiger partial charge in [-0.3, -0.25) is 24.2 Å². The zero-order valence-electron chi connectivity index (χ0n) is 20.3. The van der Waals surface area contributed by atoms with Crippen molar-refractivity contribution in [1.29, 1.82) is 0 Å². The summed E-state index contributed by atoms with van der Waals surface area (Å²) in [5.74, 6) is -1.40. The van der Waals surface area contributed by atoms with Gasteiger partial charge in [0.25, 0.3) is 5.91 Å². The van der Waals surface area contributed by atoms with Crippen LogP contribution in [0.1, 0.15) is 69.8 Å². The van der Waals surface area contributed by atoms with Crippen molar-refractivity contribution >= 4 is 23.6 Å². The normalized spacial score (nSPS) is 22.1. The van der Waals surface area contributed by atoms with E-state index in [-0.39, 0.29) is 24.1 Å². The molecule has 1 aliphatic carbocycles. The molecule has 2 heterocycles. The fourth-order valence-electron chi connectivity index (χ4n) is 5.18. The van der Waals surface area contributed by atoms with Gasteiger partial charge >= 0.3 is 0 Å². The number of hydrogen-bond acceptors (Lipinski definition) is 6. The third-order valence-corrected chi connectivity index (χ3v) is 6.90. The van der Waals surface area contributed by atoms with Gasteiger partial charge in [-0.05, 0) is 23.7 Å². The number of aromatic nitrogens is 2. The summed E-state index contributed by atoms with van der Waals surface area (Å²) in [4.78, 5) is 60.2. The van der Waals surface area contributed by atoms with E-state index >= 15 is 0 Å². The molecule has 3 atom stereocenters. The fraction of sp³-hybridized carbons (Fsp3) is 0.667. The molecule has 1 aliphatic heterocycles. The van der Waals surface area contributed by atoms with Crippen LogP contribution in [0.4, 0.5) is 0 Å². The van der Waals surface area contributed by atoms with E-state index in [0.29, 0.717) is 12.5 Å². The zero-order valence-corrected chi connectivity index (χ0v) is 20.3. The monoisotopic (exact) mass is 472 g/mol. The lowest BCUT2D eigenvalue weighted by Gasteiger charge is -2.37. The first-order valence-corrected chi connectivity index (χ1v) is 12.0. The Balaban J connectivity index is 1.68. The molecule has 2 unspecified atom stereocenters. The molecule has 2 aliphatic rings. The third-order valence-electron chi connectivity index (χ3n) is 6.90. The van der Waals surface area contributed by atoms with Gasteiger partial charge < -0.3 is 21.3 Å². The number of carbonyl (C=O) groups excluding carboxylic acids is 4. The first kappa shape index (κ1) is 25.6. The topological polar surface area (TPSA) is 147 Å². The molecule has 0 radical (unpaired) electrons. The molecule has 1 aromatic heterocycles. The molecule has 2 fully saturated rings. The second-order valence-electron chi connectivity index (χ2n) is 10.4. The van der Waals surface area contributed by atoms with Crippen LogP contribution in [0.5, 0.6) is 0 Å². The number of hydrogen-bond donors (Lipinski definition) is 3. The number of nitrogens with zero attached hydrogens (tertiary/aromatic N) is 3. The number of nitrogens with two attached hydrogens (primary N) is 1. The molecule has 1 saturated carbocycles. The molecule has 0 aromatic carbocycles. The Labute approximate surface area is 200 Å². The van der Waals surface area contributed by atoms with E-state index in [0.717, 1.165) is 32.1 Å². The molecular formula is C24H36N6O4. The number of carbonyl (C=O) groups is 4. The highest BCUT2D eigenvalue weighted by Gasteiger charge is 2.47. The van der Waals surface area contributed by atoms with E-state index in [1.165, 1.54) is 25.0 Å². The van der Waals surface area contributed by atoms with Crippen LogP contribution in [0.3, 0.4) is 0 Å². The fourth-order valence-corrected chi connectivity index (χ4v) is 5.18. The summed E-state index contributed by atoms with van der Waals surface area (Å²) in [5.41, 5.74) is 5.26. The van der Waals surface area contributed by atoms with Crippen molar-refractivity contribution in [3.8, 4) is 0 Å². The van der Waals surface area contributed by atoms with Gasteiger partial charge in [-0.2, -0.15) is 0 Å². The number of rotatable bonds is 7. The van der Waals surface area contributed by atoms with Gasteiger partial charge in [-0.15, -0.1) is 0 Å². The Hall–Kier alpha value is -3.04. The Kier molecular flexibility index (Phi) is 8.22. The zero-order chi connectivity index (χ0) is 24.9. The van der Waals surface area contributed by atoms with Crippen LogP contribution < -0.4 is 16.4 Å². The van der Waals surface area contributed by atoms with E-state index in [1.54, 1.807) is 4.90 Å². The molecule has 34 heavy (non-hydrogen) atoms. The number of primary amides is 1. The Morgan fingerprint density at radius 1 is 1.12 bits per heavy atom. The van der Waals surface area contributed by atoms with Gasteiger partial charge in [-0.1, -0.05) is 52.9 Å². The van der Waals surface area contributed by atoms with E-state index < -0.39 is 35.2 Å². The van der Waals surface area contributed by atoms with Gasteiger partial charge in [0.05, 0.1) is 12.7 Å². The molecule has 10 nitrogen and oxygen atoms in total. The average Bonchev–Trinajstić information content (AvgIpc) is 3.26. The van der Waals surface area contributed by atoms with Crippen LogP contribution in [0.25, 0.3) is 0 Å². The maximum Gasteiger partial charge on any atom is 0.271 e. The summed E-state index contributed by atoms with van der Waals surface area (Å²) in [7, 11) is 0. The molecule has 0 spiro atoms. The minimum atomic E-state index is -0.875. The summed E-state index contributed by atoms with van der Waals surface area (Å²) < 4.78 is 0. The summed E-state index contributed by atoms with van der Waals surface area (Å²) >= 11 is 0. The maximum absolute atomic E-state index is 13.6. The highest BCUT2D eigenvalue weighted by atomic mass is 16.2. The summed E-state index contributed by atoms with van der Waals surface area (Å²) in [5, 5.41) is 5.25. The maximum atomic E-state index is 13.6. The smallest absolute Gasteiger partial charge is 0.271 e. The number of nitrogens with one attached hydrogen (secondary N) is 2. The van der Waals surface area contributed by atoms with E-state index in [9.17, 15) is 19.2 Å². The van der Waals surface area contributed by atoms with E-state index in [2.05, 4.69) is 20.6 Å².